The quantitative estimate of drug-likeness (QED) is 0.845. The summed E-state index contributed by atoms with van der Waals surface area (Å²) in [7, 11) is 0. The molecule has 2 aromatic rings. The zero-order valence-electron chi connectivity index (χ0n) is 12.2. The second-order valence-electron chi connectivity index (χ2n) is 4.76. The van der Waals surface area contributed by atoms with Gasteiger partial charge in [0.2, 0.25) is 0 Å². The van der Waals surface area contributed by atoms with Crippen LogP contribution in [-0.2, 0) is 0 Å². The molecule has 5 heteroatoms. The molecule has 5 nitrogen and oxygen atoms in total. The number of anilines is 2. The normalized spacial score (nSPS) is 11.9. The molecule has 0 saturated heterocycles. The Morgan fingerprint density at radius 1 is 1.25 bits per heavy atom. The standard InChI is InChI=1S/C15H21N5/c1-4-7-17-14-9-15(20-12(3)19-14)18-11(2)13-6-5-8-16-10-13/h5-6,8-11H,4,7H2,1-3H3,(H2,17,18,19,20). The Hall–Kier alpha value is -2.17. The first-order chi connectivity index (χ1) is 9.69. The Labute approximate surface area is 119 Å². The molecule has 0 radical (unpaired) electrons. The predicted molar refractivity (Wildman–Crippen MR) is 81.8 cm³/mol. The lowest BCUT2D eigenvalue weighted by Gasteiger charge is -2.15. The van der Waals surface area contributed by atoms with Gasteiger partial charge < -0.3 is 10.6 Å². The fraction of sp³-hybridized carbons (Fsp3) is 0.400. The van der Waals surface area contributed by atoms with Crippen molar-refractivity contribution in [3.05, 3.63) is 42.0 Å². The van der Waals surface area contributed by atoms with E-state index in [1.165, 1.54) is 0 Å². The largest absolute Gasteiger partial charge is 0.370 e. The van der Waals surface area contributed by atoms with Gasteiger partial charge in [-0.2, -0.15) is 0 Å². The van der Waals surface area contributed by atoms with Crippen LogP contribution in [-0.4, -0.2) is 21.5 Å². The smallest absolute Gasteiger partial charge is 0.132 e. The van der Waals surface area contributed by atoms with Crippen molar-refractivity contribution in [3.8, 4) is 0 Å². The molecule has 1 unspecified atom stereocenters. The Morgan fingerprint density at radius 2 is 2.05 bits per heavy atom. The first kappa shape index (κ1) is 14.2. The van der Waals surface area contributed by atoms with Gasteiger partial charge in [-0.1, -0.05) is 13.0 Å². The molecule has 0 bridgehead atoms. The molecular formula is C15H21N5. The fourth-order valence-electron chi connectivity index (χ4n) is 1.92. The average molecular weight is 271 g/mol. The molecule has 2 aromatic heterocycles. The summed E-state index contributed by atoms with van der Waals surface area (Å²) in [6.07, 6.45) is 4.71. The molecule has 2 heterocycles. The number of hydrogen-bond acceptors (Lipinski definition) is 5. The molecule has 0 saturated carbocycles. The van der Waals surface area contributed by atoms with Crippen molar-refractivity contribution in [3.63, 3.8) is 0 Å². The lowest BCUT2D eigenvalue weighted by atomic mass is 10.1. The number of aromatic nitrogens is 3. The van der Waals surface area contributed by atoms with Gasteiger partial charge in [0, 0.05) is 25.0 Å². The molecule has 2 rings (SSSR count). The van der Waals surface area contributed by atoms with E-state index in [1.54, 1.807) is 6.20 Å². The molecule has 20 heavy (non-hydrogen) atoms. The van der Waals surface area contributed by atoms with Gasteiger partial charge in [0.05, 0.1) is 6.04 Å². The molecule has 0 spiro atoms. The number of hydrogen-bond donors (Lipinski definition) is 2. The van der Waals surface area contributed by atoms with Crippen molar-refractivity contribution >= 4 is 11.6 Å². The topological polar surface area (TPSA) is 62.7 Å². The minimum Gasteiger partial charge on any atom is -0.370 e. The van der Waals surface area contributed by atoms with Crippen LogP contribution in [0.15, 0.2) is 30.6 Å². The van der Waals surface area contributed by atoms with Crippen LogP contribution in [0.5, 0.6) is 0 Å². The Morgan fingerprint density at radius 3 is 2.75 bits per heavy atom. The van der Waals surface area contributed by atoms with Gasteiger partial charge in [0.1, 0.15) is 17.5 Å². The van der Waals surface area contributed by atoms with Crippen molar-refractivity contribution in [2.45, 2.75) is 33.2 Å². The minimum atomic E-state index is 0.150. The average Bonchev–Trinajstić information content (AvgIpc) is 2.45. The molecule has 2 N–H and O–H groups in total. The Kier molecular flexibility index (Phi) is 4.87. The fourth-order valence-corrected chi connectivity index (χ4v) is 1.92. The lowest BCUT2D eigenvalue weighted by molar-refractivity contribution is 0.858. The van der Waals surface area contributed by atoms with Crippen LogP contribution in [0.25, 0.3) is 0 Å². The van der Waals surface area contributed by atoms with E-state index in [0.717, 1.165) is 36.0 Å². The van der Waals surface area contributed by atoms with Gasteiger partial charge in [-0.25, -0.2) is 9.97 Å². The van der Waals surface area contributed by atoms with Gasteiger partial charge in [-0.05, 0) is 31.9 Å². The summed E-state index contributed by atoms with van der Waals surface area (Å²) >= 11 is 0. The highest BCUT2D eigenvalue weighted by Gasteiger charge is 2.07. The zero-order chi connectivity index (χ0) is 14.4. The maximum Gasteiger partial charge on any atom is 0.132 e. The molecule has 1 atom stereocenters. The molecular weight excluding hydrogens is 250 g/mol. The van der Waals surface area contributed by atoms with E-state index in [4.69, 9.17) is 0 Å². The van der Waals surface area contributed by atoms with Crippen LogP contribution in [0.1, 0.15) is 37.7 Å². The summed E-state index contributed by atoms with van der Waals surface area (Å²) in [4.78, 5) is 12.9. The van der Waals surface area contributed by atoms with E-state index >= 15 is 0 Å². The highest BCUT2D eigenvalue weighted by atomic mass is 15.1. The van der Waals surface area contributed by atoms with Crippen LogP contribution in [0.2, 0.25) is 0 Å². The summed E-state index contributed by atoms with van der Waals surface area (Å²) in [6.45, 7) is 7.03. The van der Waals surface area contributed by atoms with Crippen molar-refractivity contribution < 1.29 is 0 Å². The zero-order valence-corrected chi connectivity index (χ0v) is 12.2. The second-order valence-corrected chi connectivity index (χ2v) is 4.76. The van der Waals surface area contributed by atoms with E-state index < -0.39 is 0 Å². The van der Waals surface area contributed by atoms with E-state index in [9.17, 15) is 0 Å². The highest BCUT2D eigenvalue weighted by molar-refractivity contribution is 5.48. The summed E-state index contributed by atoms with van der Waals surface area (Å²) in [5.41, 5.74) is 1.13. The van der Waals surface area contributed by atoms with Crippen LogP contribution in [0.4, 0.5) is 11.6 Å². The van der Waals surface area contributed by atoms with E-state index in [2.05, 4.69) is 45.5 Å². The van der Waals surface area contributed by atoms with Crippen LogP contribution >= 0.6 is 0 Å². The van der Waals surface area contributed by atoms with Gasteiger partial charge in [-0.3, -0.25) is 4.98 Å². The summed E-state index contributed by atoms with van der Waals surface area (Å²) in [6, 6.07) is 6.08. The Bertz CT molecular complexity index is 541. The van der Waals surface area contributed by atoms with E-state index in [-0.39, 0.29) is 6.04 Å². The summed E-state index contributed by atoms with van der Waals surface area (Å²) < 4.78 is 0. The van der Waals surface area contributed by atoms with Crippen molar-refractivity contribution in [1.29, 1.82) is 0 Å². The molecule has 0 aliphatic rings. The van der Waals surface area contributed by atoms with Gasteiger partial charge in [0.25, 0.3) is 0 Å². The van der Waals surface area contributed by atoms with Gasteiger partial charge in [-0.15, -0.1) is 0 Å². The Balaban J connectivity index is 2.10. The third-order valence-corrected chi connectivity index (χ3v) is 2.94. The highest BCUT2D eigenvalue weighted by Crippen LogP contribution is 2.18. The monoisotopic (exact) mass is 271 g/mol. The van der Waals surface area contributed by atoms with E-state index in [0.29, 0.717) is 0 Å². The van der Waals surface area contributed by atoms with Gasteiger partial charge in [0.15, 0.2) is 0 Å². The maximum atomic E-state index is 4.42. The third kappa shape index (κ3) is 3.91. The minimum absolute atomic E-state index is 0.150. The van der Waals surface area contributed by atoms with Crippen LogP contribution in [0, 0.1) is 6.92 Å². The van der Waals surface area contributed by atoms with Crippen molar-refractivity contribution in [2.24, 2.45) is 0 Å². The first-order valence-corrected chi connectivity index (χ1v) is 6.95. The SMILES string of the molecule is CCCNc1cc(NC(C)c2cccnc2)nc(C)n1. The molecule has 0 amide bonds. The summed E-state index contributed by atoms with van der Waals surface area (Å²) in [5, 5.41) is 6.67. The second kappa shape index (κ2) is 6.84. The third-order valence-electron chi connectivity index (χ3n) is 2.94. The van der Waals surface area contributed by atoms with E-state index in [1.807, 2.05) is 25.3 Å². The molecule has 0 fully saturated rings. The number of rotatable bonds is 6. The maximum absolute atomic E-state index is 4.42. The summed E-state index contributed by atoms with van der Waals surface area (Å²) in [5.74, 6) is 2.44. The number of nitrogens with zero attached hydrogens (tertiary/aromatic N) is 3. The molecule has 0 aliphatic carbocycles. The predicted octanol–water partition coefficient (Wildman–Crippen LogP) is 3.18. The lowest BCUT2D eigenvalue weighted by Crippen LogP contribution is -2.11. The number of pyridine rings is 1. The van der Waals surface area contributed by atoms with Crippen LogP contribution in [0.3, 0.4) is 0 Å². The molecule has 0 aliphatic heterocycles. The molecule has 106 valence electrons. The number of nitrogens with one attached hydrogen (secondary N) is 2. The molecule has 0 aromatic carbocycles. The van der Waals surface area contributed by atoms with Gasteiger partial charge >= 0.3 is 0 Å². The van der Waals surface area contributed by atoms with Crippen molar-refractivity contribution in [1.82, 2.24) is 15.0 Å². The van der Waals surface area contributed by atoms with Crippen molar-refractivity contribution in [2.75, 3.05) is 17.2 Å². The van der Waals surface area contributed by atoms with Crippen LogP contribution < -0.4 is 10.6 Å². The first-order valence-electron chi connectivity index (χ1n) is 6.95. The number of aryl methyl sites for hydroxylation is 1.